The standard InChI is InChI=1S/2C11H16N2O2S/c2*1-11(2,13(14)15)8-12-9-4-6-10(16-3)7-5-9/h2*4-7,12H,8H2,1-3H3. The van der Waals surface area contributed by atoms with E-state index in [0.29, 0.717) is 13.1 Å². The molecule has 0 bridgehead atoms. The molecule has 0 unspecified atom stereocenters. The minimum absolute atomic E-state index is 0.268. The van der Waals surface area contributed by atoms with Gasteiger partial charge in [-0.15, -0.1) is 23.5 Å². The Morgan fingerprint density at radius 2 is 0.969 bits per heavy atom. The lowest BCUT2D eigenvalue weighted by atomic mass is 10.1. The largest absolute Gasteiger partial charge is 0.378 e. The Labute approximate surface area is 198 Å². The van der Waals surface area contributed by atoms with Crippen molar-refractivity contribution in [3.05, 3.63) is 68.8 Å². The summed E-state index contributed by atoms with van der Waals surface area (Å²) in [6, 6.07) is 15.7. The van der Waals surface area contributed by atoms with E-state index >= 15 is 0 Å². The predicted molar refractivity (Wildman–Crippen MR) is 136 cm³/mol. The third kappa shape index (κ3) is 9.35. The smallest absolute Gasteiger partial charge is 0.233 e. The third-order valence-electron chi connectivity index (χ3n) is 4.62. The summed E-state index contributed by atoms with van der Waals surface area (Å²) < 4.78 is 0. The van der Waals surface area contributed by atoms with Crippen LogP contribution in [0.3, 0.4) is 0 Å². The Morgan fingerprint density at radius 1 is 0.688 bits per heavy atom. The number of thioether (sulfide) groups is 2. The first-order valence-corrected chi connectivity index (χ1v) is 12.4. The summed E-state index contributed by atoms with van der Waals surface area (Å²) in [5.41, 5.74) is -0.0726. The maximum absolute atomic E-state index is 10.7. The molecular formula is C22H32N4O4S2. The fraction of sp³-hybridized carbons (Fsp3) is 0.455. The summed E-state index contributed by atoms with van der Waals surface area (Å²) in [5, 5.41) is 27.5. The summed E-state index contributed by atoms with van der Waals surface area (Å²) in [7, 11) is 0. The fourth-order valence-corrected chi connectivity index (χ4v) is 3.00. The second-order valence-corrected chi connectivity index (χ2v) is 10.1. The molecule has 0 spiro atoms. The molecule has 0 aliphatic carbocycles. The number of rotatable bonds is 10. The molecule has 0 amide bonds. The van der Waals surface area contributed by atoms with E-state index in [-0.39, 0.29) is 9.85 Å². The molecule has 0 saturated carbocycles. The molecule has 32 heavy (non-hydrogen) atoms. The lowest BCUT2D eigenvalue weighted by Gasteiger charge is -2.16. The zero-order chi connectivity index (χ0) is 24.4. The number of nitrogens with one attached hydrogen (secondary N) is 2. The van der Waals surface area contributed by atoms with Crippen LogP contribution in [0.25, 0.3) is 0 Å². The number of nitrogens with zero attached hydrogens (tertiary/aromatic N) is 2. The van der Waals surface area contributed by atoms with E-state index in [0.717, 1.165) is 11.4 Å². The van der Waals surface area contributed by atoms with E-state index in [1.165, 1.54) is 9.79 Å². The number of benzene rings is 2. The topological polar surface area (TPSA) is 110 Å². The lowest BCUT2D eigenvalue weighted by Crippen LogP contribution is -2.38. The van der Waals surface area contributed by atoms with Crippen molar-refractivity contribution in [2.24, 2.45) is 0 Å². The van der Waals surface area contributed by atoms with Crippen LogP contribution in [0.2, 0.25) is 0 Å². The first-order chi connectivity index (χ1) is 14.9. The van der Waals surface area contributed by atoms with Gasteiger partial charge in [0.05, 0.1) is 13.1 Å². The van der Waals surface area contributed by atoms with E-state index in [9.17, 15) is 20.2 Å². The Kier molecular flexibility index (Phi) is 10.8. The van der Waals surface area contributed by atoms with Crippen molar-refractivity contribution in [2.45, 2.75) is 48.6 Å². The third-order valence-corrected chi connectivity index (χ3v) is 6.11. The first kappa shape index (κ1) is 27.6. The molecule has 0 aliphatic heterocycles. The molecule has 2 N–H and O–H groups in total. The van der Waals surface area contributed by atoms with E-state index < -0.39 is 11.1 Å². The van der Waals surface area contributed by atoms with Crippen LogP contribution in [0.15, 0.2) is 58.3 Å². The highest BCUT2D eigenvalue weighted by Crippen LogP contribution is 2.19. The molecule has 8 nitrogen and oxygen atoms in total. The van der Waals surface area contributed by atoms with Gasteiger partial charge in [0.1, 0.15) is 0 Å². The van der Waals surface area contributed by atoms with Crippen molar-refractivity contribution in [2.75, 3.05) is 36.2 Å². The molecule has 0 atom stereocenters. The minimum Gasteiger partial charge on any atom is -0.378 e. The normalized spacial score (nSPS) is 11.2. The van der Waals surface area contributed by atoms with Crippen LogP contribution >= 0.6 is 23.5 Å². The van der Waals surface area contributed by atoms with Gasteiger partial charge >= 0.3 is 0 Å². The molecule has 10 heteroatoms. The Morgan fingerprint density at radius 3 is 1.19 bits per heavy atom. The van der Waals surface area contributed by atoms with Crippen molar-refractivity contribution in [1.82, 2.24) is 0 Å². The van der Waals surface area contributed by atoms with E-state index in [1.807, 2.05) is 61.0 Å². The molecule has 0 heterocycles. The van der Waals surface area contributed by atoms with Gasteiger partial charge in [0.15, 0.2) is 0 Å². The fourth-order valence-electron chi connectivity index (χ4n) is 2.18. The van der Waals surface area contributed by atoms with Gasteiger partial charge in [0, 0.05) is 58.7 Å². The Balaban J connectivity index is 0.000000320. The monoisotopic (exact) mass is 480 g/mol. The molecule has 176 valence electrons. The average molecular weight is 481 g/mol. The number of anilines is 2. The molecule has 0 radical (unpaired) electrons. The average Bonchev–Trinajstić information content (AvgIpc) is 2.77. The summed E-state index contributed by atoms with van der Waals surface area (Å²) in [6.07, 6.45) is 4.02. The van der Waals surface area contributed by atoms with Crippen molar-refractivity contribution in [1.29, 1.82) is 0 Å². The second-order valence-electron chi connectivity index (χ2n) is 8.30. The second kappa shape index (κ2) is 12.5. The Hall–Kier alpha value is -2.46. The van der Waals surface area contributed by atoms with Crippen LogP contribution in [0.4, 0.5) is 11.4 Å². The molecule has 0 aromatic heterocycles. The maximum atomic E-state index is 10.7. The molecule has 2 rings (SSSR count). The maximum Gasteiger partial charge on any atom is 0.233 e. The molecular weight excluding hydrogens is 448 g/mol. The molecule has 0 fully saturated rings. The molecule has 2 aromatic rings. The summed E-state index contributed by atoms with van der Waals surface area (Å²) in [6.45, 7) is 7.07. The van der Waals surface area contributed by atoms with Gasteiger partial charge in [-0.1, -0.05) is 0 Å². The quantitative estimate of drug-likeness (QED) is 0.251. The highest BCUT2D eigenvalue weighted by Gasteiger charge is 2.30. The van der Waals surface area contributed by atoms with Crippen LogP contribution in [0, 0.1) is 20.2 Å². The van der Waals surface area contributed by atoms with Gasteiger partial charge < -0.3 is 10.6 Å². The first-order valence-electron chi connectivity index (χ1n) is 9.96. The van der Waals surface area contributed by atoms with Crippen LogP contribution in [-0.4, -0.2) is 46.5 Å². The predicted octanol–water partition coefficient (Wildman–Crippen LogP) is 5.75. The number of hydrogen-bond acceptors (Lipinski definition) is 8. The van der Waals surface area contributed by atoms with Gasteiger partial charge in [-0.2, -0.15) is 0 Å². The highest BCUT2D eigenvalue weighted by atomic mass is 32.2. The van der Waals surface area contributed by atoms with Gasteiger partial charge in [-0.05, 0) is 61.0 Å². The summed E-state index contributed by atoms with van der Waals surface area (Å²) in [5.74, 6) is 0. The van der Waals surface area contributed by atoms with Crippen LogP contribution in [0.1, 0.15) is 27.7 Å². The van der Waals surface area contributed by atoms with E-state index in [2.05, 4.69) is 10.6 Å². The summed E-state index contributed by atoms with van der Waals surface area (Å²) in [4.78, 5) is 23.2. The van der Waals surface area contributed by atoms with Crippen molar-refractivity contribution in [3.63, 3.8) is 0 Å². The van der Waals surface area contributed by atoms with Crippen LogP contribution < -0.4 is 10.6 Å². The van der Waals surface area contributed by atoms with Crippen LogP contribution in [0.5, 0.6) is 0 Å². The molecule has 0 aliphatic rings. The van der Waals surface area contributed by atoms with Gasteiger partial charge in [0.25, 0.3) is 0 Å². The highest BCUT2D eigenvalue weighted by molar-refractivity contribution is 7.98. The number of nitro groups is 2. The lowest BCUT2D eigenvalue weighted by molar-refractivity contribution is -0.556. The van der Waals surface area contributed by atoms with Crippen molar-refractivity contribution < 1.29 is 9.85 Å². The Bertz CT molecular complexity index is 799. The van der Waals surface area contributed by atoms with E-state index in [4.69, 9.17) is 0 Å². The molecule has 0 saturated heterocycles. The van der Waals surface area contributed by atoms with Gasteiger partial charge in [0.2, 0.25) is 11.1 Å². The zero-order valence-electron chi connectivity index (χ0n) is 19.4. The minimum atomic E-state index is -0.946. The van der Waals surface area contributed by atoms with E-state index in [1.54, 1.807) is 51.2 Å². The van der Waals surface area contributed by atoms with Gasteiger partial charge in [-0.3, -0.25) is 20.2 Å². The van der Waals surface area contributed by atoms with Crippen molar-refractivity contribution in [3.8, 4) is 0 Å². The van der Waals surface area contributed by atoms with Crippen molar-refractivity contribution >= 4 is 34.9 Å². The molecule has 2 aromatic carbocycles. The SMILES string of the molecule is CSc1ccc(NCC(C)(C)[N+](=O)[O-])cc1.CSc1ccc(NCC(C)(C)[N+](=O)[O-])cc1. The van der Waals surface area contributed by atoms with Gasteiger partial charge in [-0.25, -0.2) is 0 Å². The zero-order valence-corrected chi connectivity index (χ0v) is 21.0. The number of hydrogen-bond donors (Lipinski definition) is 2. The van der Waals surface area contributed by atoms with Crippen LogP contribution in [-0.2, 0) is 0 Å². The summed E-state index contributed by atoms with van der Waals surface area (Å²) >= 11 is 3.34.